The zero-order valence-electron chi connectivity index (χ0n) is 4.83. The van der Waals surface area contributed by atoms with Crippen LogP contribution in [0.5, 0.6) is 0 Å². The molecule has 1 aromatic rings. The molecular formula is C5H6KN2. The SMILES string of the molecule is Nc1ccccn1.[K]. The van der Waals surface area contributed by atoms with Gasteiger partial charge in [0.1, 0.15) is 5.82 Å². The van der Waals surface area contributed by atoms with E-state index in [0.29, 0.717) is 5.82 Å². The summed E-state index contributed by atoms with van der Waals surface area (Å²) in [5, 5.41) is 0. The molecule has 0 saturated heterocycles. The first-order valence-corrected chi connectivity index (χ1v) is 2.06. The second-order valence-electron chi connectivity index (χ2n) is 1.25. The van der Waals surface area contributed by atoms with Gasteiger partial charge >= 0.3 is 0 Å². The van der Waals surface area contributed by atoms with Crippen LogP contribution in [0.25, 0.3) is 0 Å². The van der Waals surface area contributed by atoms with Crippen molar-refractivity contribution in [3.8, 4) is 0 Å². The summed E-state index contributed by atoms with van der Waals surface area (Å²) in [7, 11) is 0. The standard InChI is InChI=1S/C5H6N2.K/c6-5-3-1-2-4-7-5;/h1-4H,(H2,6,7);. The zero-order chi connectivity index (χ0) is 5.11. The van der Waals surface area contributed by atoms with Crippen molar-refractivity contribution in [2.24, 2.45) is 0 Å². The summed E-state index contributed by atoms with van der Waals surface area (Å²) in [6, 6.07) is 5.43. The molecule has 2 N–H and O–H groups in total. The Hall–Kier alpha value is 0.586. The van der Waals surface area contributed by atoms with Crippen LogP contribution in [-0.4, -0.2) is 56.4 Å². The molecular weight excluding hydrogens is 127 g/mol. The molecule has 0 atom stereocenters. The van der Waals surface area contributed by atoms with E-state index in [1.54, 1.807) is 12.3 Å². The maximum atomic E-state index is 5.25. The minimum atomic E-state index is 0. The number of nitrogens with two attached hydrogens (primary N) is 1. The van der Waals surface area contributed by atoms with Gasteiger partial charge in [-0.1, -0.05) is 6.07 Å². The average molecular weight is 133 g/mol. The summed E-state index contributed by atoms with van der Waals surface area (Å²) >= 11 is 0. The van der Waals surface area contributed by atoms with Crippen LogP contribution in [0.4, 0.5) is 5.82 Å². The predicted molar refractivity (Wildman–Crippen MR) is 34.4 cm³/mol. The number of pyridine rings is 1. The number of nitrogen functional groups attached to an aromatic ring is 1. The van der Waals surface area contributed by atoms with Gasteiger partial charge in [0.25, 0.3) is 0 Å². The predicted octanol–water partition coefficient (Wildman–Crippen LogP) is 0.283. The second-order valence-corrected chi connectivity index (χ2v) is 1.25. The number of nitrogens with zero attached hydrogens (tertiary/aromatic N) is 1. The molecule has 0 aliphatic rings. The Morgan fingerprint density at radius 1 is 1.38 bits per heavy atom. The third kappa shape index (κ3) is 2.79. The summed E-state index contributed by atoms with van der Waals surface area (Å²) in [6.45, 7) is 0. The van der Waals surface area contributed by atoms with Crippen molar-refractivity contribution in [3.63, 3.8) is 0 Å². The van der Waals surface area contributed by atoms with Crippen LogP contribution in [0, 0.1) is 0 Å². The molecule has 0 saturated carbocycles. The van der Waals surface area contributed by atoms with E-state index in [2.05, 4.69) is 4.98 Å². The van der Waals surface area contributed by atoms with Crippen molar-refractivity contribution >= 4 is 57.2 Å². The minimum absolute atomic E-state index is 0. The Morgan fingerprint density at radius 2 is 2.12 bits per heavy atom. The summed E-state index contributed by atoms with van der Waals surface area (Å²) in [5.74, 6) is 0.572. The van der Waals surface area contributed by atoms with E-state index in [0.717, 1.165) is 0 Å². The molecule has 1 heterocycles. The topological polar surface area (TPSA) is 38.9 Å². The Labute approximate surface area is 90.9 Å². The van der Waals surface area contributed by atoms with Crippen LogP contribution in [0.15, 0.2) is 24.4 Å². The number of hydrogen-bond acceptors (Lipinski definition) is 2. The molecule has 1 rings (SSSR count). The molecule has 0 aromatic carbocycles. The van der Waals surface area contributed by atoms with Crippen molar-refractivity contribution in [2.45, 2.75) is 0 Å². The number of rotatable bonds is 0. The van der Waals surface area contributed by atoms with Crippen molar-refractivity contribution in [3.05, 3.63) is 24.4 Å². The molecule has 0 bridgehead atoms. The van der Waals surface area contributed by atoms with Gasteiger partial charge in [0.2, 0.25) is 0 Å². The summed E-state index contributed by atoms with van der Waals surface area (Å²) in [4.78, 5) is 3.76. The van der Waals surface area contributed by atoms with E-state index in [1.807, 2.05) is 12.1 Å². The van der Waals surface area contributed by atoms with E-state index < -0.39 is 0 Å². The van der Waals surface area contributed by atoms with Gasteiger partial charge in [0.05, 0.1) is 0 Å². The van der Waals surface area contributed by atoms with E-state index in [1.165, 1.54) is 0 Å². The summed E-state index contributed by atoms with van der Waals surface area (Å²) in [5.41, 5.74) is 5.25. The van der Waals surface area contributed by atoms with Gasteiger partial charge in [0, 0.05) is 57.6 Å². The zero-order valence-corrected chi connectivity index (χ0v) is 7.96. The van der Waals surface area contributed by atoms with Crippen LogP contribution in [-0.2, 0) is 0 Å². The number of hydrogen-bond donors (Lipinski definition) is 1. The fourth-order valence-electron chi connectivity index (χ4n) is 0.376. The van der Waals surface area contributed by atoms with Gasteiger partial charge in [-0.05, 0) is 12.1 Å². The van der Waals surface area contributed by atoms with E-state index in [9.17, 15) is 0 Å². The van der Waals surface area contributed by atoms with Crippen molar-refractivity contribution in [1.29, 1.82) is 0 Å². The first-order chi connectivity index (χ1) is 3.39. The van der Waals surface area contributed by atoms with Crippen LogP contribution in [0.3, 0.4) is 0 Å². The largest absolute Gasteiger partial charge is 0.384 e. The van der Waals surface area contributed by atoms with Gasteiger partial charge in [-0.2, -0.15) is 0 Å². The minimum Gasteiger partial charge on any atom is -0.384 e. The maximum absolute atomic E-state index is 5.25. The van der Waals surface area contributed by atoms with E-state index >= 15 is 0 Å². The Balaban J connectivity index is 0.000000490. The van der Waals surface area contributed by atoms with Crippen molar-refractivity contribution < 1.29 is 0 Å². The Morgan fingerprint density at radius 3 is 2.38 bits per heavy atom. The van der Waals surface area contributed by atoms with Crippen LogP contribution < -0.4 is 5.73 Å². The smallest absolute Gasteiger partial charge is 0.123 e. The van der Waals surface area contributed by atoms with Gasteiger partial charge in [-0.25, -0.2) is 4.98 Å². The first-order valence-electron chi connectivity index (χ1n) is 2.06. The molecule has 0 fully saturated rings. The molecule has 37 valence electrons. The quantitative estimate of drug-likeness (QED) is 0.516. The van der Waals surface area contributed by atoms with Crippen LogP contribution >= 0.6 is 0 Å². The fourth-order valence-corrected chi connectivity index (χ4v) is 0.376. The Bertz CT molecular complexity index is 140. The fraction of sp³-hybridized carbons (Fsp3) is 0. The molecule has 0 unspecified atom stereocenters. The molecule has 0 amide bonds. The second kappa shape index (κ2) is 4.46. The van der Waals surface area contributed by atoms with Crippen molar-refractivity contribution in [2.75, 3.05) is 5.73 Å². The Kier molecular flexibility index (Phi) is 4.79. The monoisotopic (exact) mass is 133 g/mol. The van der Waals surface area contributed by atoms with Gasteiger partial charge in [-0.15, -0.1) is 0 Å². The van der Waals surface area contributed by atoms with Crippen LogP contribution in [0.1, 0.15) is 0 Å². The normalized spacial score (nSPS) is 7.50. The van der Waals surface area contributed by atoms with Gasteiger partial charge < -0.3 is 5.73 Å². The molecule has 8 heavy (non-hydrogen) atoms. The molecule has 0 aliphatic carbocycles. The van der Waals surface area contributed by atoms with Crippen LogP contribution in [0.2, 0.25) is 0 Å². The van der Waals surface area contributed by atoms with Gasteiger partial charge in [-0.3, -0.25) is 0 Å². The maximum Gasteiger partial charge on any atom is 0.123 e. The summed E-state index contributed by atoms with van der Waals surface area (Å²) in [6.07, 6.45) is 1.66. The molecule has 3 heteroatoms. The third-order valence-corrected chi connectivity index (χ3v) is 0.688. The number of anilines is 1. The van der Waals surface area contributed by atoms with Crippen molar-refractivity contribution in [1.82, 2.24) is 4.98 Å². The number of aromatic nitrogens is 1. The molecule has 2 nitrogen and oxygen atoms in total. The molecule has 1 aromatic heterocycles. The molecule has 0 spiro atoms. The van der Waals surface area contributed by atoms with E-state index in [4.69, 9.17) is 5.73 Å². The first kappa shape index (κ1) is 8.59. The molecule has 0 aliphatic heterocycles. The van der Waals surface area contributed by atoms with Gasteiger partial charge in [0.15, 0.2) is 0 Å². The molecule has 1 radical (unpaired) electrons. The summed E-state index contributed by atoms with van der Waals surface area (Å²) < 4.78 is 0. The van der Waals surface area contributed by atoms with E-state index in [-0.39, 0.29) is 51.4 Å². The third-order valence-electron chi connectivity index (χ3n) is 0.688. The average Bonchev–Trinajstić information content (AvgIpc) is 1.69.